The lowest BCUT2D eigenvalue weighted by molar-refractivity contribution is -0.0854. The van der Waals surface area contributed by atoms with Crippen LogP contribution in [-0.2, 0) is 5.41 Å². The van der Waals surface area contributed by atoms with Gasteiger partial charge in [-0.2, -0.15) is 0 Å². The number of nitrogens with one attached hydrogen (secondary N) is 1. The molecular weight excluding hydrogens is 396 g/mol. The summed E-state index contributed by atoms with van der Waals surface area (Å²) in [4.78, 5) is 1.24. The molecule has 6 aliphatic carbocycles. The van der Waals surface area contributed by atoms with E-state index in [1.165, 1.54) is 82.0 Å². The molecule has 6 aliphatic rings. The second kappa shape index (κ2) is 7.83. The van der Waals surface area contributed by atoms with E-state index < -0.39 is 0 Å². The highest BCUT2D eigenvalue weighted by Gasteiger charge is 2.63. The fourth-order valence-electron chi connectivity index (χ4n) is 8.64. The summed E-state index contributed by atoms with van der Waals surface area (Å²) in [5.74, 6) is 4.52. The van der Waals surface area contributed by atoms with Crippen LogP contribution in [0.3, 0.4) is 0 Å². The van der Waals surface area contributed by atoms with Crippen molar-refractivity contribution in [3.05, 3.63) is 35.9 Å². The lowest BCUT2D eigenvalue weighted by Crippen LogP contribution is -2.62. The maximum atomic E-state index is 6.29. The Morgan fingerprint density at radius 2 is 1.55 bits per heavy atom. The zero-order valence-corrected chi connectivity index (χ0v) is 19.8. The third kappa shape index (κ3) is 3.68. The van der Waals surface area contributed by atoms with Crippen molar-refractivity contribution in [2.24, 2.45) is 40.7 Å². The van der Waals surface area contributed by atoms with E-state index >= 15 is 0 Å². The average molecular weight is 437 g/mol. The standard InChI is InChI=1S/C28H40N2S/c29-17-20-8-10-24(11-9-20)30-26(31)28-15-21-13-27(18-28,23-4-2-1-3-5-23)14-22(16-28)25(21)12-19-6-7-19/h1-5,19-22,24-25H,6-18,29H2,(H,30,31)/t20-,21?,22?,24-,25?,27?,28?. The van der Waals surface area contributed by atoms with E-state index in [0.29, 0.717) is 11.5 Å². The molecule has 1 aromatic carbocycles. The minimum atomic E-state index is 0.252. The van der Waals surface area contributed by atoms with Gasteiger partial charge in [0.1, 0.15) is 0 Å². The van der Waals surface area contributed by atoms with Crippen LogP contribution in [0, 0.1) is 35.0 Å². The number of benzene rings is 1. The van der Waals surface area contributed by atoms with E-state index in [-0.39, 0.29) is 5.41 Å². The largest absolute Gasteiger partial charge is 0.376 e. The molecule has 0 heterocycles. The molecule has 0 aromatic heterocycles. The van der Waals surface area contributed by atoms with Crippen molar-refractivity contribution in [1.82, 2.24) is 5.32 Å². The van der Waals surface area contributed by atoms with Gasteiger partial charge >= 0.3 is 0 Å². The maximum absolute atomic E-state index is 6.29. The van der Waals surface area contributed by atoms with Gasteiger partial charge in [-0.25, -0.2) is 0 Å². The van der Waals surface area contributed by atoms with Crippen molar-refractivity contribution in [3.63, 3.8) is 0 Å². The third-order valence-electron chi connectivity index (χ3n) is 10.2. The molecule has 6 fully saturated rings. The Hall–Kier alpha value is -0.930. The predicted molar refractivity (Wildman–Crippen MR) is 132 cm³/mol. The second-order valence-electron chi connectivity index (χ2n) is 12.2. The molecule has 0 radical (unpaired) electrons. The smallest absolute Gasteiger partial charge is 0.0818 e. The number of nitrogens with two attached hydrogens (primary N) is 1. The SMILES string of the molecule is NC[C@H]1CC[C@H](NC(=S)C23CC4CC(c5ccccc5)(CC(C2)C4CC2CC2)C3)CC1. The van der Waals surface area contributed by atoms with Gasteiger partial charge in [0.15, 0.2) is 0 Å². The number of rotatable bonds is 6. The van der Waals surface area contributed by atoms with Gasteiger partial charge in [0.25, 0.3) is 0 Å². The highest BCUT2D eigenvalue weighted by atomic mass is 32.1. The van der Waals surface area contributed by atoms with Crippen LogP contribution in [0.15, 0.2) is 30.3 Å². The zero-order chi connectivity index (χ0) is 21.1. The summed E-state index contributed by atoms with van der Waals surface area (Å²) < 4.78 is 0. The van der Waals surface area contributed by atoms with Gasteiger partial charge in [-0.05, 0) is 111 Å². The molecule has 3 N–H and O–H groups in total. The molecule has 1 aromatic rings. The summed E-state index contributed by atoms with van der Waals surface area (Å²) in [6.45, 7) is 0.854. The predicted octanol–water partition coefficient (Wildman–Crippen LogP) is 5.99. The van der Waals surface area contributed by atoms with Gasteiger partial charge in [-0.1, -0.05) is 55.4 Å². The summed E-state index contributed by atoms with van der Waals surface area (Å²) in [6.07, 6.45) is 16.4. The van der Waals surface area contributed by atoms with E-state index in [1.54, 1.807) is 5.56 Å². The summed E-state index contributed by atoms with van der Waals surface area (Å²) >= 11 is 6.29. The van der Waals surface area contributed by atoms with Crippen molar-refractivity contribution in [2.75, 3.05) is 6.54 Å². The van der Waals surface area contributed by atoms with Crippen LogP contribution in [0.25, 0.3) is 0 Å². The first-order chi connectivity index (χ1) is 15.1. The van der Waals surface area contributed by atoms with Crippen LogP contribution in [0.5, 0.6) is 0 Å². The van der Waals surface area contributed by atoms with Crippen LogP contribution < -0.4 is 11.1 Å². The van der Waals surface area contributed by atoms with Gasteiger partial charge in [-0.3, -0.25) is 0 Å². The number of thiocarbonyl (C=S) groups is 1. The van der Waals surface area contributed by atoms with Crippen molar-refractivity contribution >= 4 is 17.2 Å². The molecule has 31 heavy (non-hydrogen) atoms. The van der Waals surface area contributed by atoms with Crippen molar-refractivity contribution in [3.8, 4) is 0 Å². The molecule has 2 unspecified atom stereocenters. The lowest BCUT2D eigenvalue weighted by Gasteiger charge is -2.65. The Labute approximate surface area is 194 Å². The average Bonchev–Trinajstić information content (AvgIpc) is 3.61. The fraction of sp³-hybridized carbons (Fsp3) is 0.750. The fourth-order valence-corrected chi connectivity index (χ4v) is 9.05. The minimum absolute atomic E-state index is 0.252. The number of hydrogen-bond acceptors (Lipinski definition) is 2. The topological polar surface area (TPSA) is 38.0 Å². The summed E-state index contributed by atoms with van der Waals surface area (Å²) in [6, 6.07) is 12.1. The molecule has 3 heteroatoms. The maximum Gasteiger partial charge on any atom is 0.0818 e. The summed E-state index contributed by atoms with van der Waals surface area (Å²) in [5.41, 5.74) is 8.15. The Balaban J connectivity index is 1.25. The zero-order valence-electron chi connectivity index (χ0n) is 19.0. The Morgan fingerprint density at radius 1 is 0.903 bits per heavy atom. The number of hydrogen-bond donors (Lipinski definition) is 2. The molecule has 0 saturated heterocycles. The van der Waals surface area contributed by atoms with Crippen LogP contribution in [0.2, 0.25) is 0 Å². The highest BCUT2D eigenvalue weighted by Crippen LogP contribution is 2.69. The van der Waals surface area contributed by atoms with Crippen LogP contribution in [-0.4, -0.2) is 17.6 Å². The Kier molecular flexibility index (Phi) is 5.22. The van der Waals surface area contributed by atoms with Crippen molar-refractivity contribution < 1.29 is 0 Å². The van der Waals surface area contributed by atoms with Crippen LogP contribution in [0.1, 0.15) is 82.6 Å². The molecule has 0 aliphatic heterocycles. The van der Waals surface area contributed by atoms with E-state index in [1.807, 2.05) is 0 Å². The summed E-state index contributed by atoms with van der Waals surface area (Å²) in [7, 11) is 0. The van der Waals surface area contributed by atoms with Gasteiger partial charge in [-0.15, -0.1) is 0 Å². The molecule has 0 spiro atoms. The third-order valence-corrected chi connectivity index (χ3v) is 10.7. The molecule has 168 valence electrons. The minimum Gasteiger partial charge on any atom is -0.376 e. The molecule has 2 atom stereocenters. The van der Waals surface area contributed by atoms with E-state index in [2.05, 4.69) is 35.6 Å². The summed E-state index contributed by atoms with van der Waals surface area (Å²) in [5, 5.41) is 3.95. The van der Waals surface area contributed by atoms with Gasteiger partial charge < -0.3 is 11.1 Å². The molecule has 4 bridgehead atoms. The molecule has 7 rings (SSSR count). The quantitative estimate of drug-likeness (QED) is 0.538. The first kappa shape index (κ1) is 20.7. The van der Waals surface area contributed by atoms with E-state index in [0.717, 1.165) is 36.1 Å². The molecule has 2 nitrogen and oxygen atoms in total. The molecule has 6 saturated carbocycles. The first-order valence-corrected chi connectivity index (χ1v) is 13.6. The molecular formula is C28H40N2S. The van der Waals surface area contributed by atoms with E-state index in [9.17, 15) is 0 Å². The normalized spacial score (nSPS) is 43.7. The van der Waals surface area contributed by atoms with Crippen LogP contribution in [0.4, 0.5) is 0 Å². The lowest BCUT2D eigenvalue weighted by atomic mass is 9.39. The van der Waals surface area contributed by atoms with Gasteiger partial charge in [0.05, 0.1) is 4.99 Å². The Bertz CT molecular complexity index is 792. The van der Waals surface area contributed by atoms with E-state index in [4.69, 9.17) is 18.0 Å². The van der Waals surface area contributed by atoms with Gasteiger partial charge in [0, 0.05) is 11.5 Å². The molecule has 0 amide bonds. The first-order valence-electron chi connectivity index (χ1n) is 13.2. The van der Waals surface area contributed by atoms with Crippen molar-refractivity contribution in [1.29, 1.82) is 0 Å². The second-order valence-corrected chi connectivity index (χ2v) is 12.6. The van der Waals surface area contributed by atoms with Gasteiger partial charge in [0.2, 0.25) is 0 Å². The van der Waals surface area contributed by atoms with Crippen LogP contribution >= 0.6 is 12.2 Å². The van der Waals surface area contributed by atoms with Crippen molar-refractivity contribution in [2.45, 2.75) is 88.5 Å². The Morgan fingerprint density at radius 3 is 2.16 bits per heavy atom. The monoisotopic (exact) mass is 436 g/mol. The highest BCUT2D eigenvalue weighted by molar-refractivity contribution is 7.80.